The molecule has 0 saturated heterocycles. The molecule has 0 aliphatic carbocycles. The predicted molar refractivity (Wildman–Crippen MR) is 218 cm³/mol. The first kappa shape index (κ1) is 52.0. The summed E-state index contributed by atoms with van der Waals surface area (Å²) in [7, 11) is 1.18. The van der Waals surface area contributed by atoms with Crippen molar-refractivity contribution in [1.82, 2.24) is 0 Å². The number of quaternary nitrogens is 1. The Morgan fingerprint density at radius 2 is 0.849 bits per heavy atom. The van der Waals surface area contributed by atoms with Gasteiger partial charge in [-0.2, -0.15) is 0 Å². The van der Waals surface area contributed by atoms with Crippen molar-refractivity contribution in [2.45, 2.75) is 219 Å². The molecule has 0 aliphatic rings. The summed E-state index contributed by atoms with van der Waals surface area (Å²) in [4.78, 5) is 37.5. The predicted octanol–water partition coefficient (Wildman–Crippen LogP) is 11.8. The van der Waals surface area contributed by atoms with Gasteiger partial charge < -0.3 is 27.9 Å². The van der Waals surface area contributed by atoms with Crippen molar-refractivity contribution in [3.05, 3.63) is 0 Å². The minimum absolute atomic E-state index is 0.0257. The average molecular weight is 776 g/mol. The fourth-order valence-corrected chi connectivity index (χ4v) is 7.09. The Kier molecular flexibility index (Phi) is 36.0. The number of hydrogen-bond acceptors (Lipinski definition) is 8. The first-order valence-electron chi connectivity index (χ1n) is 22.2. The van der Waals surface area contributed by atoms with Gasteiger partial charge in [0.1, 0.15) is 19.8 Å². The van der Waals surface area contributed by atoms with E-state index in [1.54, 1.807) is 0 Å². The van der Waals surface area contributed by atoms with Crippen molar-refractivity contribution in [3.8, 4) is 0 Å². The molecule has 0 N–H and O–H groups in total. The lowest BCUT2D eigenvalue weighted by molar-refractivity contribution is -0.870. The number of esters is 2. The molecule has 53 heavy (non-hydrogen) atoms. The van der Waals surface area contributed by atoms with Gasteiger partial charge >= 0.3 is 11.9 Å². The molecule has 0 bridgehead atoms. The van der Waals surface area contributed by atoms with Crippen LogP contribution in [0.5, 0.6) is 0 Å². The Morgan fingerprint density at radius 1 is 0.509 bits per heavy atom. The zero-order valence-corrected chi connectivity index (χ0v) is 36.4. The van der Waals surface area contributed by atoms with Crippen LogP contribution in [0, 0.1) is 0 Å². The quantitative estimate of drug-likeness (QED) is 0.0261. The maximum atomic E-state index is 12.7. The summed E-state index contributed by atoms with van der Waals surface area (Å²) in [5, 5.41) is 0. The molecule has 0 aromatic heterocycles. The molecule has 0 aliphatic heterocycles. The Labute approximate surface area is 327 Å². The fourth-order valence-electron chi connectivity index (χ4n) is 6.36. The van der Waals surface area contributed by atoms with Gasteiger partial charge in [-0.1, -0.05) is 187 Å². The normalized spacial score (nSPS) is 13.5. The number of hydrogen-bond donors (Lipinski definition) is 0. The number of phosphoric ester groups is 1. The smallest absolute Gasteiger partial charge is 0.306 e. The second-order valence-electron chi connectivity index (χ2n) is 16.4. The van der Waals surface area contributed by atoms with Crippen LogP contribution in [-0.4, -0.2) is 70.0 Å². The van der Waals surface area contributed by atoms with Crippen LogP contribution in [0.2, 0.25) is 0 Å². The molecule has 0 saturated carbocycles. The first-order chi connectivity index (χ1) is 25.5. The Morgan fingerprint density at radius 3 is 1.21 bits per heavy atom. The van der Waals surface area contributed by atoms with Crippen LogP contribution in [0.4, 0.5) is 0 Å². The highest BCUT2D eigenvalue weighted by Gasteiger charge is 2.21. The molecule has 0 heterocycles. The number of unbranched alkanes of at least 4 members (excludes halogenated alkanes) is 27. The minimum Gasteiger partial charge on any atom is -0.756 e. The fraction of sp³-hybridized carbons (Fsp3) is 0.953. The van der Waals surface area contributed by atoms with Crippen molar-refractivity contribution in [2.24, 2.45) is 0 Å². The van der Waals surface area contributed by atoms with Gasteiger partial charge in [0, 0.05) is 12.8 Å². The van der Waals surface area contributed by atoms with Gasteiger partial charge in [-0.25, -0.2) is 0 Å². The van der Waals surface area contributed by atoms with Crippen LogP contribution in [-0.2, 0) is 32.7 Å². The van der Waals surface area contributed by atoms with Crippen molar-refractivity contribution >= 4 is 19.8 Å². The highest BCUT2D eigenvalue weighted by molar-refractivity contribution is 7.45. The third kappa shape index (κ3) is 40.5. The molecule has 9 nitrogen and oxygen atoms in total. The van der Waals surface area contributed by atoms with Gasteiger partial charge in [0.05, 0.1) is 27.7 Å². The third-order valence-corrected chi connectivity index (χ3v) is 10.8. The lowest BCUT2D eigenvalue weighted by atomic mass is 10.0. The van der Waals surface area contributed by atoms with Gasteiger partial charge in [0.25, 0.3) is 7.82 Å². The van der Waals surface area contributed by atoms with Crippen LogP contribution >= 0.6 is 7.82 Å². The Balaban J connectivity index is 4.31. The van der Waals surface area contributed by atoms with Crippen molar-refractivity contribution in [3.63, 3.8) is 0 Å². The molecular formula is C43H86NO8P. The standard InChI is InChI=1S/C43H86NO8P/c1-6-8-10-12-14-16-18-20-22-24-26-28-30-32-34-36-43(46)52-41(40-51-53(47,48)50-38-37-44(3,4)5)39-49-42(45)35-33-31-29-27-25-23-21-19-17-15-13-11-9-7-2/h41H,6-40H2,1-5H3. The summed E-state index contributed by atoms with van der Waals surface area (Å²) in [5.41, 5.74) is 0. The van der Waals surface area contributed by atoms with E-state index in [1.807, 2.05) is 21.1 Å². The first-order valence-corrected chi connectivity index (χ1v) is 23.7. The van der Waals surface area contributed by atoms with Crippen LogP contribution in [0.3, 0.4) is 0 Å². The number of carbonyl (C=O) groups is 2. The van der Waals surface area contributed by atoms with E-state index >= 15 is 0 Å². The van der Waals surface area contributed by atoms with Gasteiger partial charge in [-0.05, 0) is 12.8 Å². The van der Waals surface area contributed by atoms with E-state index in [-0.39, 0.29) is 32.0 Å². The highest BCUT2D eigenvalue weighted by atomic mass is 31.2. The highest BCUT2D eigenvalue weighted by Crippen LogP contribution is 2.38. The van der Waals surface area contributed by atoms with E-state index in [0.717, 1.165) is 32.1 Å². The summed E-state index contributed by atoms with van der Waals surface area (Å²) in [6.45, 7) is 4.26. The van der Waals surface area contributed by atoms with Crippen LogP contribution in [0.15, 0.2) is 0 Å². The monoisotopic (exact) mass is 776 g/mol. The largest absolute Gasteiger partial charge is 0.756 e. The maximum absolute atomic E-state index is 12.7. The minimum atomic E-state index is -4.61. The summed E-state index contributed by atoms with van der Waals surface area (Å²) in [6.07, 6.45) is 35.5. The molecule has 2 atom stereocenters. The van der Waals surface area contributed by atoms with Crippen LogP contribution < -0.4 is 4.89 Å². The second-order valence-corrected chi connectivity index (χ2v) is 17.8. The van der Waals surface area contributed by atoms with Gasteiger partial charge in [0.2, 0.25) is 0 Å². The van der Waals surface area contributed by atoms with E-state index in [0.29, 0.717) is 17.4 Å². The number of phosphoric acid groups is 1. The molecule has 0 rings (SSSR count). The number of likely N-dealkylation sites (N-methyl/N-ethyl adjacent to an activating group) is 1. The molecule has 316 valence electrons. The molecular weight excluding hydrogens is 689 g/mol. The number of ether oxygens (including phenoxy) is 2. The molecule has 0 spiro atoms. The van der Waals surface area contributed by atoms with Gasteiger partial charge in [-0.3, -0.25) is 14.2 Å². The number of carbonyl (C=O) groups excluding carboxylic acids is 2. The third-order valence-electron chi connectivity index (χ3n) is 9.88. The van der Waals surface area contributed by atoms with E-state index in [1.165, 1.54) is 148 Å². The van der Waals surface area contributed by atoms with Crippen LogP contribution in [0.25, 0.3) is 0 Å². The lowest BCUT2D eigenvalue weighted by Gasteiger charge is -2.28. The Bertz CT molecular complexity index is 881. The van der Waals surface area contributed by atoms with E-state index in [9.17, 15) is 19.0 Å². The molecule has 2 unspecified atom stereocenters. The summed E-state index contributed by atoms with van der Waals surface area (Å²) in [5.74, 6) is -0.820. The van der Waals surface area contributed by atoms with Gasteiger partial charge in [-0.15, -0.1) is 0 Å². The average Bonchev–Trinajstić information content (AvgIpc) is 3.10. The van der Waals surface area contributed by atoms with E-state index in [2.05, 4.69) is 13.8 Å². The summed E-state index contributed by atoms with van der Waals surface area (Å²) >= 11 is 0. The van der Waals surface area contributed by atoms with E-state index in [4.69, 9.17) is 18.5 Å². The van der Waals surface area contributed by atoms with Crippen molar-refractivity contribution in [2.75, 3.05) is 47.5 Å². The molecule has 0 aromatic carbocycles. The zero-order chi connectivity index (χ0) is 39.3. The molecule has 0 fully saturated rings. The SMILES string of the molecule is CCCCCCCCCCCCCCCCCC(=O)OC(COC(=O)CCCCCCCCCCCCCCCC)COP(=O)([O-])OCC[N+](C)(C)C. The summed E-state index contributed by atoms with van der Waals surface area (Å²) < 4.78 is 33.9. The van der Waals surface area contributed by atoms with E-state index < -0.39 is 26.5 Å². The molecule has 0 radical (unpaired) electrons. The van der Waals surface area contributed by atoms with Crippen molar-refractivity contribution < 1.29 is 42.1 Å². The number of nitrogens with zero attached hydrogens (tertiary/aromatic N) is 1. The molecule has 0 aromatic rings. The lowest BCUT2D eigenvalue weighted by Crippen LogP contribution is -2.37. The van der Waals surface area contributed by atoms with Crippen molar-refractivity contribution in [1.29, 1.82) is 0 Å². The maximum Gasteiger partial charge on any atom is 0.306 e. The topological polar surface area (TPSA) is 111 Å². The molecule has 10 heteroatoms. The summed E-state index contributed by atoms with van der Waals surface area (Å²) in [6, 6.07) is 0. The zero-order valence-electron chi connectivity index (χ0n) is 35.5. The molecule has 0 amide bonds. The van der Waals surface area contributed by atoms with Crippen LogP contribution in [0.1, 0.15) is 213 Å². The number of rotatable bonds is 41. The Hall–Kier alpha value is -0.990. The second kappa shape index (κ2) is 36.6. The van der Waals surface area contributed by atoms with Gasteiger partial charge in [0.15, 0.2) is 6.10 Å².